The highest BCUT2D eigenvalue weighted by atomic mass is 16.4. The molecule has 0 saturated heterocycles. The number of aromatic nitrogens is 2. The third-order valence-corrected chi connectivity index (χ3v) is 3.46. The number of carboxylic acid groups (broad SMARTS) is 2. The van der Waals surface area contributed by atoms with Crippen LogP contribution in [0.1, 0.15) is 12.2 Å². The lowest BCUT2D eigenvalue weighted by Gasteiger charge is -2.22. The average Bonchev–Trinajstić information content (AvgIpc) is 2.51. The lowest BCUT2D eigenvalue weighted by atomic mass is 10.1. The van der Waals surface area contributed by atoms with Crippen LogP contribution in [0.3, 0.4) is 0 Å². The number of carboxylic acids is 2. The van der Waals surface area contributed by atoms with Gasteiger partial charge in [-0.15, -0.1) is 0 Å². The molecule has 1 heterocycles. The first-order valence-corrected chi connectivity index (χ1v) is 7.58. The Morgan fingerprint density at radius 1 is 1.21 bits per heavy atom. The molecule has 8 heteroatoms. The Balaban J connectivity index is 2.38. The monoisotopic (exact) mass is 331 g/mol. The Labute approximate surface area is 139 Å². The Bertz CT molecular complexity index is 748. The SMILES string of the molecule is C[NH+](C)CCc1nc(N[C@H](CC(=O)[O-])C(=O)[O-])c2ccccc2n1. The number of carbonyl (C=O) groups is 2. The van der Waals surface area contributed by atoms with Crippen LogP contribution in [-0.4, -0.2) is 48.6 Å². The predicted molar refractivity (Wildman–Crippen MR) is 83.0 cm³/mol. The van der Waals surface area contributed by atoms with E-state index in [2.05, 4.69) is 15.3 Å². The maximum atomic E-state index is 11.2. The maximum Gasteiger partial charge on any atom is 0.138 e. The van der Waals surface area contributed by atoms with Crippen molar-refractivity contribution in [1.82, 2.24) is 9.97 Å². The molecular weight excluding hydrogens is 312 g/mol. The summed E-state index contributed by atoms with van der Waals surface area (Å²) in [7, 11) is 4.01. The summed E-state index contributed by atoms with van der Waals surface area (Å²) in [6, 6.07) is 5.69. The molecule has 2 N–H and O–H groups in total. The Morgan fingerprint density at radius 2 is 1.92 bits per heavy atom. The number of fused-ring (bicyclic) bond motifs is 1. The predicted octanol–water partition coefficient (Wildman–Crippen LogP) is -3.01. The van der Waals surface area contributed by atoms with Gasteiger partial charge in [0.05, 0.1) is 44.6 Å². The Kier molecular flexibility index (Phi) is 5.64. The van der Waals surface area contributed by atoms with E-state index in [0.29, 0.717) is 23.1 Å². The van der Waals surface area contributed by atoms with Crippen molar-refractivity contribution in [3.63, 3.8) is 0 Å². The van der Waals surface area contributed by atoms with E-state index in [0.717, 1.165) is 6.54 Å². The maximum absolute atomic E-state index is 11.2. The van der Waals surface area contributed by atoms with Crippen molar-refractivity contribution >= 4 is 28.7 Å². The number of hydrogen-bond acceptors (Lipinski definition) is 7. The summed E-state index contributed by atoms with van der Waals surface area (Å²) in [5.41, 5.74) is 0.657. The van der Waals surface area contributed by atoms with Gasteiger partial charge < -0.3 is 30.0 Å². The third kappa shape index (κ3) is 4.63. The van der Waals surface area contributed by atoms with Gasteiger partial charge in [0, 0.05) is 17.8 Å². The number of nitrogens with one attached hydrogen (secondary N) is 2. The second-order valence-electron chi connectivity index (χ2n) is 5.80. The van der Waals surface area contributed by atoms with E-state index in [4.69, 9.17) is 0 Å². The molecule has 8 nitrogen and oxygen atoms in total. The van der Waals surface area contributed by atoms with E-state index < -0.39 is 24.4 Å². The van der Waals surface area contributed by atoms with Gasteiger partial charge in [0.15, 0.2) is 0 Å². The zero-order valence-electron chi connectivity index (χ0n) is 13.5. The van der Waals surface area contributed by atoms with E-state index in [1.54, 1.807) is 18.2 Å². The van der Waals surface area contributed by atoms with Gasteiger partial charge in [-0.05, 0) is 12.1 Å². The van der Waals surface area contributed by atoms with Crippen LogP contribution in [0.2, 0.25) is 0 Å². The fourth-order valence-corrected chi connectivity index (χ4v) is 2.23. The average molecular weight is 331 g/mol. The van der Waals surface area contributed by atoms with Gasteiger partial charge in [-0.1, -0.05) is 12.1 Å². The molecule has 0 saturated carbocycles. The minimum atomic E-state index is -1.53. The number of nitrogens with zero attached hydrogens (tertiary/aromatic N) is 2. The summed E-state index contributed by atoms with van der Waals surface area (Å²) < 4.78 is 0. The number of carbonyl (C=O) groups excluding carboxylic acids is 2. The van der Waals surface area contributed by atoms with E-state index in [1.165, 1.54) is 4.90 Å². The third-order valence-electron chi connectivity index (χ3n) is 3.46. The van der Waals surface area contributed by atoms with Crippen LogP contribution in [0.5, 0.6) is 0 Å². The highest BCUT2D eigenvalue weighted by molar-refractivity contribution is 5.91. The molecule has 24 heavy (non-hydrogen) atoms. The van der Waals surface area contributed by atoms with Gasteiger partial charge in [-0.2, -0.15) is 0 Å². The van der Waals surface area contributed by atoms with Crippen molar-refractivity contribution in [2.75, 3.05) is 26.0 Å². The smallest absolute Gasteiger partial charge is 0.138 e. The number of rotatable bonds is 8. The zero-order chi connectivity index (χ0) is 17.7. The number of quaternary nitrogens is 1. The molecule has 0 radical (unpaired) electrons. The molecule has 0 aliphatic rings. The molecule has 1 atom stereocenters. The number of likely N-dealkylation sites (N-methyl/N-ethyl adjacent to an activating group) is 1. The summed E-state index contributed by atoms with van der Waals surface area (Å²) >= 11 is 0. The molecule has 2 rings (SSSR count). The lowest BCUT2D eigenvalue weighted by Crippen LogP contribution is -3.06. The molecule has 1 aromatic heterocycles. The first-order valence-electron chi connectivity index (χ1n) is 7.58. The van der Waals surface area contributed by atoms with Crippen molar-refractivity contribution in [3.8, 4) is 0 Å². The van der Waals surface area contributed by atoms with Crippen LogP contribution in [0.15, 0.2) is 24.3 Å². The highest BCUT2D eigenvalue weighted by Crippen LogP contribution is 2.21. The fraction of sp³-hybridized carbons (Fsp3) is 0.375. The fourth-order valence-electron chi connectivity index (χ4n) is 2.23. The van der Waals surface area contributed by atoms with E-state index >= 15 is 0 Å². The van der Waals surface area contributed by atoms with Gasteiger partial charge in [0.2, 0.25) is 0 Å². The number of aliphatic carboxylic acids is 2. The molecule has 128 valence electrons. The lowest BCUT2D eigenvalue weighted by molar-refractivity contribution is -0.858. The van der Waals surface area contributed by atoms with Crippen LogP contribution in [0, 0.1) is 0 Å². The van der Waals surface area contributed by atoms with Gasteiger partial charge in [0.1, 0.15) is 11.6 Å². The number of benzene rings is 1. The molecule has 0 aliphatic heterocycles. The molecule has 0 spiro atoms. The van der Waals surface area contributed by atoms with Gasteiger partial charge in [-0.3, -0.25) is 0 Å². The molecule has 0 unspecified atom stereocenters. The minimum absolute atomic E-state index is 0.278. The first-order chi connectivity index (χ1) is 11.4. The van der Waals surface area contributed by atoms with E-state index in [9.17, 15) is 19.8 Å². The molecule has 2 aromatic rings. The van der Waals surface area contributed by atoms with Crippen molar-refractivity contribution in [3.05, 3.63) is 30.1 Å². The van der Waals surface area contributed by atoms with E-state index in [1.807, 2.05) is 20.2 Å². The zero-order valence-corrected chi connectivity index (χ0v) is 13.5. The van der Waals surface area contributed by atoms with Crippen LogP contribution in [0.25, 0.3) is 10.9 Å². The molecular formula is C16H19N4O4-. The highest BCUT2D eigenvalue weighted by Gasteiger charge is 2.15. The van der Waals surface area contributed by atoms with Crippen LogP contribution in [-0.2, 0) is 16.0 Å². The van der Waals surface area contributed by atoms with Crippen molar-refractivity contribution < 1.29 is 24.7 Å². The van der Waals surface area contributed by atoms with Gasteiger partial charge in [-0.25, -0.2) is 9.97 Å². The van der Waals surface area contributed by atoms with Crippen molar-refractivity contribution in [1.29, 1.82) is 0 Å². The second-order valence-corrected chi connectivity index (χ2v) is 5.80. The quantitative estimate of drug-likeness (QED) is 0.528. The minimum Gasteiger partial charge on any atom is -0.550 e. The van der Waals surface area contributed by atoms with Crippen molar-refractivity contribution in [2.45, 2.75) is 18.9 Å². The molecule has 1 aromatic carbocycles. The van der Waals surface area contributed by atoms with E-state index in [-0.39, 0.29) is 5.82 Å². The van der Waals surface area contributed by atoms with Gasteiger partial charge in [0.25, 0.3) is 0 Å². The first kappa shape index (κ1) is 17.6. The Hall–Kier alpha value is -2.74. The largest absolute Gasteiger partial charge is 0.550 e. The normalized spacial score (nSPS) is 12.3. The summed E-state index contributed by atoms with van der Waals surface area (Å²) in [6.07, 6.45) is -0.101. The molecule has 0 bridgehead atoms. The number of hydrogen-bond donors (Lipinski definition) is 2. The number of para-hydroxylation sites is 1. The standard InChI is InChI=1S/C16H20N4O4/c1-20(2)8-7-13-17-11-6-4-3-5-10(11)15(19-13)18-12(16(23)24)9-14(21)22/h3-6,12H,7-9H2,1-2H3,(H,21,22)(H,23,24)(H,17,18,19)/p-1/t12-/m1/s1. The van der Waals surface area contributed by atoms with Gasteiger partial charge >= 0.3 is 0 Å². The summed E-state index contributed by atoms with van der Waals surface area (Å²) in [5, 5.41) is 25.2. The molecule has 0 aliphatic carbocycles. The summed E-state index contributed by atoms with van der Waals surface area (Å²) in [5.74, 6) is -2.17. The van der Waals surface area contributed by atoms with Crippen LogP contribution in [0.4, 0.5) is 5.82 Å². The molecule has 0 fully saturated rings. The summed E-state index contributed by atoms with van der Waals surface area (Å²) in [6.45, 7) is 0.806. The summed E-state index contributed by atoms with van der Waals surface area (Å²) in [4.78, 5) is 32.0. The van der Waals surface area contributed by atoms with Crippen LogP contribution >= 0.6 is 0 Å². The van der Waals surface area contributed by atoms with Crippen LogP contribution < -0.4 is 20.4 Å². The topological polar surface area (TPSA) is 123 Å². The number of anilines is 1. The molecule has 0 amide bonds. The second kappa shape index (κ2) is 7.69. The Morgan fingerprint density at radius 3 is 2.54 bits per heavy atom. The van der Waals surface area contributed by atoms with Crippen molar-refractivity contribution in [2.24, 2.45) is 0 Å².